The van der Waals surface area contributed by atoms with Gasteiger partial charge in [0.15, 0.2) is 5.11 Å². The quantitative estimate of drug-likeness (QED) is 0.587. The smallest absolute Gasteiger partial charge is 0.170 e. The molecule has 5 rings (SSSR count). The maximum atomic E-state index is 13.3. The topological polar surface area (TPSA) is 41.3 Å². The van der Waals surface area contributed by atoms with E-state index >= 15 is 0 Å². The van der Waals surface area contributed by atoms with Crippen LogP contribution in [0.3, 0.4) is 0 Å². The number of rotatable bonds is 4. The molecule has 148 valence electrons. The third-order valence-corrected chi connectivity index (χ3v) is 6.23. The van der Waals surface area contributed by atoms with E-state index < -0.39 is 0 Å². The van der Waals surface area contributed by atoms with Crippen LogP contribution in [0.2, 0.25) is 0 Å². The summed E-state index contributed by atoms with van der Waals surface area (Å²) in [5, 5.41) is 4.25. The molecule has 0 radical (unpaired) electrons. The van der Waals surface area contributed by atoms with Gasteiger partial charge in [0.2, 0.25) is 0 Å². The van der Waals surface area contributed by atoms with Crippen molar-refractivity contribution in [3.8, 4) is 11.3 Å². The zero-order valence-corrected chi connectivity index (χ0v) is 16.7. The Labute approximate surface area is 174 Å². The molecule has 2 aliphatic rings. The van der Waals surface area contributed by atoms with Gasteiger partial charge in [0.05, 0.1) is 11.7 Å². The van der Waals surface area contributed by atoms with E-state index in [2.05, 4.69) is 15.2 Å². The van der Waals surface area contributed by atoms with E-state index in [4.69, 9.17) is 16.6 Å². The average Bonchev–Trinajstić information content (AvgIpc) is 3.48. The van der Waals surface area contributed by atoms with Crippen LogP contribution in [0.5, 0.6) is 0 Å². The monoisotopic (exact) mass is 407 g/mol. The minimum Gasteiger partial charge on any atom is -0.459 e. The highest BCUT2D eigenvalue weighted by Crippen LogP contribution is 2.44. The standard InChI is InChI=1S/C23H22FN3OS/c24-16-10-8-15(9-11-16)19-12-13-20(28-19)22-21(18-7-3-4-14-25-18)26-23(29)27(22)17-5-1-2-6-17/h3-4,7-14,17,21-22H,1-2,5-6H2,(H,26,29)/t21-,22+/m1/s1. The van der Waals surface area contributed by atoms with E-state index in [-0.39, 0.29) is 17.9 Å². The van der Waals surface area contributed by atoms with Crippen LogP contribution in [-0.2, 0) is 0 Å². The molecular formula is C23H22FN3OS. The molecule has 3 aromatic rings. The predicted molar refractivity (Wildman–Crippen MR) is 114 cm³/mol. The maximum absolute atomic E-state index is 13.3. The van der Waals surface area contributed by atoms with Crippen molar-refractivity contribution in [2.45, 2.75) is 43.8 Å². The molecule has 29 heavy (non-hydrogen) atoms. The first kappa shape index (κ1) is 18.3. The first-order valence-electron chi connectivity index (χ1n) is 10.1. The summed E-state index contributed by atoms with van der Waals surface area (Å²) in [6.45, 7) is 0. The van der Waals surface area contributed by atoms with Crippen LogP contribution in [0.1, 0.15) is 49.2 Å². The highest BCUT2D eigenvalue weighted by Gasteiger charge is 2.45. The van der Waals surface area contributed by atoms with Crippen LogP contribution >= 0.6 is 12.2 Å². The molecule has 4 nitrogen and oxygen atoms in total. The van der Waals surface area contributed by atoms with Crippen molar-refractivity contribution in [2.24, 2.45) is 0 Å². The number of furan rings is 1. The number of hydrogen-bond acceptors (Lipinski definition) is 3. The molecular weight excluding hydrogens is 385 g/mol. The minimum atomic E-state index is -0.256. The molecule has 3 heterocycles. The van der Waals surface area contributed by atoms with Crippen LogP contribution in [-0.4, -0.2) is 21.0 Å². The van der Waals surface area contributed by atoms with E-state index in [1.807, 2.05) is 30.3 Å². The second-order valence-corrected chi connectivity index (χ2v) is 8.07. The Hall–Kier alpha value is -2.73. The van der Waals surface area contributed by atoms with Crippen molar-refractivity contribution in [1.29, 1.82) is 0 Å². The number of pyridine rings is 1. The Morgan fingerprint density at radius 3 is 2.55 bits per heavy atom. The molecule has 2 fully saturated rings. The third-order valence-electron chi connectivity index (χ3n) is 5.90. The van der Waals surface area contributed by atoms with Gasteiger partial charge >= 0.3 is 0 Å². The van der Waals surface area contributed by atoms with E-state index in [9.17, 15) is 4.39 Å². The molecule has 1 saturated heterocycles. The number of halogens is 1. The van der Waals surface area contributed by atoms with Crippen LogP contribution in [0, 0.1) is 5.82 Å². The predicted octanol–water partition coefficient (Wildman–Crippen LogP) is 5.40. The maximum Gasteiger partial charge on any atom is 0.170 e. The van der Waals surface area contributed by atoms with Gasteiger partial charge in [-0.1, -0.05) is 18.9 Å². The number of benzene rings is 1. The fourth-order valence-electron chi connectivity index (χ4n) is 4.53. The van der Waals surface area contributed by atoms with Crippen molar-refractivity contribution in [1.82, 2.24) is 15.2 Å². The van der Waals surface area contributed by atoms with Gasteiger partial charge in [0, 0.05) is 17.8 Å². The summed E-state index contributed by atoms with van der Waals surface area (Å²) in [6, 6.07) is 16.5. The Balaban J connectivity index is 1.54. The highest BCUT2D eigenvalue weighted by molar-refractivity contribution is 7.80. The van der Waals surface area contributed by atoms with Crippen LogP contribution in [0.15, 0.2) is 65.2 Å². The van der Waals surface area contributed by atoms with Crippen molar-refractivity contribution in [3.63, 3.8) is 0 Å². The number of nitrogens with zero attached hydrogens (tertiary/aromatic N) is 2. The van der Waals surface area contributed by atoms with Crippen molar-refractivity contribution in [3.05, 3.63) is 78.1 Å². The van der Waals surface area contributed by atoms with E-state index in [1.54, 1.807) is 18.3 Å². The number of hydrogen-bond donors (Lipinski definition) is 1. The van der Waals surface area contributed by atoms with Crippen molar-refractivity contribution >= 4 is 17.3 Å². The van der Waals surface area contributed by atoms with Gasteiger partial charge in [-0.15, -0.1) is 0 Å². The van der Waals surface area contributed by atoms with Crippen LogP contribution in [0.25, 0.3) is 11.3 Å². The third kappa shape index (κ3) is 3.42. The van der Waals surface area contributed by atoms with Gasteiger partial charge in [-0.05, 0) is 73.6 Å². The van der Waals surface area contributed by atoms with Gasteiger partial charge < -0.3 is 14.6 Å². The van der Waals surface area contributed by atoms with Crippen molar-refractivity contribution in [2.75, 3.05) is 0 Å². The number of aromatic nitrogens is 1. The summed E-state index contributed by atoms with van der Waals surface area (Å²) < 4.78 is 19.6. The molecule has 1 aliphatic carbocycles. The van der Waals surface area contributed by atoms with Crippen LogP contribution in [0.4, 0.5) is 4.39 Å². The molecule has 1 N–H and O–H groups in total. The van der Waals surface area contributed by atoms with Gasteiger partial charge in [-0.3, -0.25) is 4.98 Å². The second kappa shape index (κ2) is 7.59. The van der Waals surface area contributed by atoms with Gasteiger partial charge in [-0.2, -0.15) is 0 Å². The summed E-state index contributed by atoms with van der Waals surface area (Å²) in [6.07, 6.45) is 6.53. The lowest BCUT2D eigenvalue weighted by Gasteiger charge is -2.31. The summed E-state index contributed by atoms with van der Waals surface area (Å²) in [5.74, 6) is 1.32. The van der Waals surface area contributed by atoms with Crippen molar-refractivity contribution < 1.29 is 8.81 Å². The first-order valence-corrected chi connectivity index (χ1v) is 10.5. The Kier molecular flexibility index (Phi) is 4.79. The SMILES string of the molecule is Fc1ccc(-c2ccc([C@H]3[C@@H](c4ccccn4)NC(=S)N3C3CCCC3)o2)cc1. The number of thiocarbonyl (C=S) groups is 1. The van der Waals surface area contributed by atoms with E-state index in [0.717, 1.165) is 40.7 Å². The van der Waals surface area contributed by atoms with Crippen LogP contribution < -0.4 is 5.32 Å². The van der Waals surface area contributed by atoms with Gasteiger partial charge in [0.1, 0.15) is 23.4 Å². The lowest BCUT2D eigenvalue weighted by molar-refractivity contribution is 0.218. The Bertz CT molecular complexity index is 998. The lowest BCUT2D eigenvalue weighted by Crippen LogP contribution is -2.37. The zero-order chi connectivity index (χ0) is 19.8. The summed E-state index contributed by atoms with van der Waals surface area (Å²) >= 11 is 5.75. The molecule has 0 amide bonds. The molecule has 1 aromatic carbocycles. The molecule has 0 unspecified atom stereocenters. The summed E-state index contributed by atoms with van der Waals surface area (Å²) in [5.41, 5.74) is 1.80. The largest absolute Gasteiger partial charge is 0.459 e. The summed E-state index contributed by atoms with van der Waals surface area (Å²) in [7, 11) is 0. The second-order valence-electron chi connectivity index (χ2n) is 7.68. The van der Waals surface area contributed by atoms with Gasteiger partial charge in [0.25, 0.3) is 0 Å². The molecule has 2 atom stereocenters. The molecule has 1 aliphatic heterocycles. The Morgan fingerprint density at radius 2 is 1.83 bits per heavy atom. The van der Waals surface area contributed by atoms with E-state index in [1.165, 1.54) is 25.0 Å². The first-order chi connectivity index (χ1) is 14.2. The normalized spacial score (nSPS) is 22.2. The molecule has 1 saturated carbocycles. The molecule has 0 spiro atoms. The lowest BCUT2D eigenvalue weighted by atomic mass is 10.0. The van der Waals surface area contributed by atoms with E-state index in [0.29, 0.717) is 6.04 Å². The number of nitrogens with one attached hydrogen (secondary N) is 1. The molecule has 0 bridgehead atoms. The average molecular weight is 408 g/mol. The van der Waals surface area contributed by atoms with Gasteiger partial charge in [-0.25, -0.2) is 4.39 Å². The zero-order valence-electron chi connectivity index (χ0n) is 15.9. The molecule has 6 heteroatoms. The fourth-order valence-corrected chi connectivity index (χ4v) is 4.92. The fraction of sp³-hybridized carbons (Fsp3) is 0.304. The molecule has 2 aromatic heterocycles. The minimum absolute atomic E-state index is 0.0605. The highest BCUT2D eigenvalue weighted by atomic mass is 32.1. The Morgan fingerprint density at radius 1 is 1.03 bits per heavy atom. The summed E-state index contributed by atoms with van der Waals surface area (Å²) in [4.78, 5) is 6.89.